The number of nitrogens with zero attached hydrogens (tertiary/aromatic N) is 5. The second kappa shape index (κ2) is 13.3. The van der Waals surface area contributed by atoms with Gasteiger partial charge in [0.05, 0.1) is 43.1 Å². The van der Waals surface area contributed by atoms with Crippen LogP contribution in [-0.2, 0) is 19.2 Å². The van der Waals surface area contributed by atoms with E-state index in [2.05, 4.69) is 10.2 Å². The van der Waals surface area contributed by atoms with E-state index in [9.17, 15) is 24.3 Å². The molecule has 4 aliphatic rings. The summed E-state index contributed by atoms with van der Waals surface area (Å²) in [6.45, 7) is 0. The third-order valence-corrected chi connectivity index (χ3v) is 12.2. The molecule has 0 spiro atoms. The quantitative estimate of drug-likeness (QED) is 0.117. The SMILES string of the molecule is COc1cc(C=C[C@H]2C3=CC[C@@H]4C(=O)N(c5ccc(N=Nc6ccc(N(C)C)cc6)cc5)C(=O)[C@@H]4[C@@H]3C[C@@]3(Cl)C(=O)N(C)C(=O)[C@@]23Cl)cc(OC)c1O. The number of anilines is 2. The van der Waals surface area contributed by atoms with E-state index in [1.807, 2.05) is 49.3 Å². The average Bonchev–Trinajstić information content (AvgIpc) is 3.48. The maximum Gasteiger partial charge on any atom is 0.253 e. The first-order valence-electron chi connectivity index (χ1n) is 17.0. The molecule has 2 aliphatic heterocycles. The van der Waals surface area contributed by atoms with Gasteiger partial charge in [0, 0.05) is 32.7 Å². The van der Waals surface area contributed by atoms with E-state index in [0.717, 1.165) is 10.6 Å². The number of methoxy groups -OCH3 is 2. The number of ether oxygens (including phenoxy) is 2. The number of carbonyl (C=O) groups excluding carboxylic acids is 4. The van der Waals surface area contributed by atoms with Crippen LogP contribution in [0.25, 0.3) is 6.08 Å². The maximum atomic E-state index is 14.3. The van der Waals surface area contributed by atoms with Gasteiger partial charge in [0.25, 0.3) is 11.8 Å². The van der Waals surface area contributed by atoms with Crippen molar-refractivity contribution in [1.29, 1.82) is 0 Å². The average molecular weight is 759 g/mol. The van der Waals surface area contributed by atoms with E-state index in [1.165, 1.54) is 26.2 Å². The Hall–Kier alpha value is -5.20. The minimum Gasteiger partial charge on any atom is -0.502 e. The third kappa shape index (κ3) is 5.58. The molecular formula is C39H37Cl2N5O7. The second-order valence-electron chi connectivity index (χ2n) is 13.8. The number of amides is 4. The Balaban J connectivity index is 1.20. The van der Waals surface area contributed by atoms with Gasteiger partial charge in [-0.15, -0.1) is 23.2 Å². The molecule has 3 aromatic carbocycles. The summed E-state index contributed by atoms with van der Waals surface area (Å²) < 4.78 is 10.6. The van der Waals surface area contributed by atoms with Crippen LogP contribution < -0.4 is 19.3 Å². The van der Waals surface area contributed by atoms with Crippen molar-refractivity contribution in [1.82, 2.24) is 4.90 Å². The highest BCUT2D eigenvalue weighted by Gasteiger charge is 2.75. The van der Waals surface area contributed by atoms with Crippen LogP contribution in [0.5, 0.6) is 17.2 Å². The lowest BCUT2D eigenvalue weighted by atomic mass is 9.57. The van der Waals surface area contributed by atoms with Crippen molar-refractivity contribution in [2.75, 3.05) is 45.2 Å². The van der Waals surface area contributed by atoms with Crippen LogP contribution in [0, 0.1) is 23.7 Å². The smallest absolute Gasteiger partial charge is 0.253 e. The Labute approximate surface area is 316 Å². The van der Waals surface area contributed by atoms with Crippen molar-refractivity contribution >= 4 is 75.7 Å². The fourth-order valence-electron chi connectivity index (χ4n) is 8.07. The minimum absolute atomic E-state index is 0.118. The summed E-state index contributed by atoms with van der Waals surface area (Å²) in [4.78, 5) is 56.1. The molecule has 6 atom stereocenters. The Morgan fingerprint density at radius 1 is 0.868 bits per heavy atom. The molecule has 14 heteroatoms. The highest BCUT2D eigenvalue weighted by Crippen LogP contribution is 2.63. The molecule has 4 amide bonds. The molecule has 53 heavy (non-hydrogen) atoms. The standard InChI is InChI=1S/C39H37Cl2N5O7/c1-44(2)24-11-7-22(8-12-24)42-43-23-9-13-25(14-10-23)46-34(48)27-16-15-26-28(32(27)35(46)49)20-38(40)36(50)45(3)37(51)39(38,41)29(26)17-6-21-18-30(52-4)33(47)31(19-21)53-5/h6-15,17-19,27-29,32,47H,16,20H2,1-5H3/t27-,28+,29-,32-,38+,39-/m0/s1. The number of likely N-dealkylation sites (tertiary alicyclic amines) is 1. The van der Waals surface area contributed by atoms with Crippen LogP contribution in [0.2, 0.25) is 0 Å². The molecule has 1 N–H and O–H groups in total. The number of alkyl halides is 2. The van der Waals surface area contributed by atoms with E-state index in [-0.39, 0.29) is 36.0 Å². The molecule has 3 aromatic rings. The van der Waals surface area contributed by atoms with Gasteiger partial charge in [-0.25, -0.2) is 0 Å². The summed E-state index contributed by atoms with van der Waals surface area (Å²) in [7, 11) is 8.05. The van der Waals surface area contributed by atoms with Crippen molar-refractivity contribution in [3.05, 3.63) is 84.0 Å². The number of hydrogen-bond donors (Lipinski definition) is 1. The largest absolute Gasteiger partial charge is 0.502 e. The van der Waals surface area contributed by atoms with Crippen LogP contribution in [0.3, 0.4) is 0 Å². The summed E-state index contributed by atoms with van der Waals surface area (Å²) in [5.74, 6) is -5.14. The number of carbonyl (C=O) groups is 4. The molecule has 7 rings (SSSR count). The van der Waals surface area contributed by atoms with Gasteiger partial charge in [-0.1, -0.05) is 23.8 Å². The Bertz CT molecular complexity index is 2090. The van der Waals surface area contributed by atoms with Gasteiger partial charge in [0.2, 0.25) is 17.6 Å². The number of phenols is 1. The Morgan fingerprint density at radius 2 is 1.45 bits per heavy atom. The first-order chi connectivity index (χ1) is 25.2. The zero-order valence-electron chi connectivity index (χ0n) is 29.6. The number of imide groups is 2. The number of rotatable bonds is 8. The molecule has 2 aliphatic carbocycles. The minimum atomic E-state index is -1.92. The highest BCUT2D eigenvalue weighted by molar-refractivity contribution is 6.53. The second-order valence-corrected chi connectivity index (χ2v) is 15.1. The van der Waals surface area contributed by atoms with Crippen molar-refractivity contribution in [3.8, 4) is 17.2 Å². The summed E-state index contributed by atoms with van der Waals surface area (Å²) in [6, 6.07) is 17.4. The molecule has 274 valence electrons. The van der Waals surface area contributed by atoms with E-state index < -0.39 is 51.1 Å². The van der Waals surface area contributed by atoms with Gasteiger partial charge in [-0.3, -0.25) is 29.0 Å². The predicted octanol–water partition coefficient (Wildman–Crippen LogP) is 6.63. The molecule has 12 nitrogen and oxygen atoms in total. The molecule has 0 unspecified atom stereocenters. The first kappa shape index (κ1) is 36.2. The number of halogens is 2. The summed E-state index contributed by atoms with van der Waals surface area (Å²) in [5.41, 5.74) is 3.82. The van der Waals surface area contributed by atoms with Crippen LogP contribution in [0.4, 0.5) is 22.7 Å². The number of allylic oxidation sites excluding steroid dienone is 3. The molecule has 0 bridgehead atoms. The van der Waals surface area contributed by atoms with E-state index in [4.69, 9.17) is 32.7 Å². The highest BCUT2D eigenvalue weighted by atomic mass is 35.5. The molecule has 3 fully saturated rings. The van der Waals surface area contributed by atoms with Gasteiger partial charge >= 0.3 is 0 Å². The molecule has 2 saturated heterocycles. The Kier molecular flexibility index (Phi) is 9.10. The fourth-order valence-corrected chi connectivity index (χ4v) is 9.04. The van der Waals surface area contributed by atoms with E-state index in [1.54, 1.807) is 48.6 Å². The summed E-state index contributed by atoms with van der Waals surface area (Å²) >= 11 is 14.5. The van der Waals surface area contributed by atoms with Crippen molar-refractivity contribution < 1.29 is 33.8 Å². The topological polar surface area (TPSA) is 141 Å². The van der Waals surface area contributed by atoms with Gasteiger partial charge in [-0.2, -0.15) is 10.2 Å². The molecule has 1 saturated carbocycles. The van der Waals surface area contributed by atoms with E-state index >= 15 is 0 Å². The lowest BCUT2D eigenvalue weighted by molar-refractivity contribution is -0.138. The van der Waals surface area contributed by atoms with Gasteiger partial charge in [0.15, 0.2) is 21.2 Å². The number of fused-ring (bicyclic) bond motifs is 4. The molecule has 0 radical (unpaired) electrons. The van der Waals surface area contributed by atoms with Crippen molar-refractivity contribution in [2.24, 2.45) is 33.9 Å². The third-order valence-electron chi connectivity index (χ3n) is 10.8. The van der Waals surface area contributed by atoms with Gasteiger partial charge in [0.1, 0.15) is 0 Å². The van der Waals surface area contributed by atoms with Gasteiger partial charge in [-0.05, 0) is 85.0 Å². The number of hydrogen-bond acceptors (Lipinski definition) is 10. The maximum absolute atomic E-state index is 14.3. The Morgan fingerprint density at radius 3 is 2.02 bits per heavy atom. The van der Waals surface area contributed by atoms with Crippen molar-refractivity contribution in [3.63, 3.8) is 0 Å². The van der Waals surface area contributed by atoms with Crippen LogP contribution in [0.1, 0.15) is 18.4 Å². The zero-order chi connectivity index (χ0) is 38.0. The summed E-state index contributed by atoms with van der Waals surface area (Å²) in [5, 5.41) is 19.0. The molecular weight excluding hydrogens is 721 g/mol. The van der Waals surface area contributed by atoms with Crippen molar-refractivity contribution in [2.45, 2.75) is 22.6 Å². The van der Waals surface area contributed by atoms with Crippen LogP contribution in [0.15, 0.2) is 88.6 Å². The van der Waals surface area contributed by atoms with Crippen LogP contribution in [-0.4, -0.2) is 78.7 Å². The zero-order valence-corrected chi connectivity index (χ0v) is 31.1. The monoisotopic (exact) mass is 757 g/mol. The first-order valence-corrected chi connectivity index (χ1v) is 17.7. The number of phenolic OH excluding ortho intramolecular Hbond substituents is 1. The van der Waals surface area contributed by atoms with Gasteiger partial charge < -0.3 is 19.5 Å². The number of benzene rings is 3. The fraction of sp³-hybridized carbons (Fsp3) is 0.333. The van der Waals surface area contributed by atoms with Crippen LogP contribution >= 0.6 is 23.2 Å². The molecule has 2 heterocycles. The summed E-state index contributed by atoms with van der Waals surface area (Å²) in [6.07, 6.45) is 5.32. The predicted molar refractivity (Wildman–Crippen MR) is 200 cm³/mol. The lowest BCUT2D eigenvalue weighted by Crippen LogP contribution is -2.60. The molecule has 0 aromatic heterocycles. The van der Waals surface area contributed by atoms with E-state index in [0.29, 0.717) is 28.2 Å². The number of aromatic hydroxyl groups is 1. The lowest BCUT2D eigenvalue weighted by Gasteiger charge is -2.49. The normalized spacial score (nSPS) is 28.0. The number of azo groups is 1.